The van der Waals surface area contributed by atoms with E-state index in [-0.39, 0.29) is 16.4 Å². The van der Waals surface area contributed by atoms with E-state index in [2.05, 4.69) is 14.8 Å². The maximum atomic E-state index is 14.3. The third-order valence-corrected chi connectivity index (χ3v) is 4.38. The fourth-order valence-electron chi connectivity index (χ4n) is 2.20. The van der Waals surface area contributed by atoms with E-state index in [1.165, 1.54) is 29.4 Å². The summed E-state index contributed by atoms with van der Waals surface area (Å²) >= 11 is 0. The van der Waals surface area contributed by atoms with Crippen molar-refractivity contribution in [2.45, 2.75) is 11.8 Å². The Hall–Kier alpha value is -2.32. The van der Waals surface area contributed by atoms with Crippen LogP contribution in [0.15, 0.2) is 51.9 Å². The molecule has 3 rings (SSSR count). The Morgan fingerprint density at radius 2 is 2.05 bits per heavy atom. The molecule has 0 radical (unpaired) electrons. The summed E-state index contributed by atoms with van der Waals surface area (Å²) in [5.41, 5.74) is 3.19. The number of nitrogens with one attached hydrogen (secondary N) is 1. The monoisotopic (exact) mass is 320 g/mol. The van der Waals surface area contributed by atoms with Crippen LogP contribution in [0, 0.1) is 5.82 Å². The fraction of sp³-hybridized carbons (Fsp3) is 0.143. The van der Waals surface area contributed by atoms with Crippen LogP contribution in [-0.4, -0.2) is 25.8 Å². The molecular formula is C14H13FN4O2S. The van der Waals surface area contributed by atoms with Gasteiger partial charge in [0.05, 0.1) is 0 Å². The van der Waals surface area contributed by atoms with Crippen molar-refractivity contribution in [2.75, 3.05) is 11.6 Å². The molecule has 1 aromatic heterocycles. The second kappa shape index (κ2) is 5.47. The van der Waals surface area contributed by atoms with Crippen molar-refractivity contribution in [2.24, 2.45) is 4.40 Å². The summed E-state index contributed by atoms with van der Waals surface area (Å²) in [4.78, 5) is 3.93. The molecule has 0 saturated carbocycles. The van der Waals surface area contributed by atoms with E-state index in [0.717, 1.165) is 0 Å². The number of sulfonamides is 1. The van der Waals surface area contributed by atoms with Crippen molar-refractivity contribution in [3.63, 3.8) is 0 Å². The number of aromatic nitrogens is 1. The number of benzene rings is 1. The van der Waals surface area contributed by atoms with Crippen molar-refractivity contribution in [1.82, 2.24) is 10.4 Å². The minimum atomic E-state index is -3.99. The molecule has 0 amide bonds. The number of para-hydroxylation sites is 1. The van der Waals surface area contributed by atoms with Crippen LogP contribution in [0.5, 0.6) is 0 Å². The van der Waals surface area contributed by atoms with Gasteiger partial charge in [-0.05, 0) is 24.3 Å². The van der Waals surface area contributed by atoms with E-state index in [0.29, 0.717) is 12.2 Å². The number of hydrogen-bond acceptors (Lipinski definition) is 5. The molecule has 0 spiro atoms. The first-order valence-electron chi connectivity index (χ1n) is 6.63. The lowest BCUT2D eigenvalue weighted by atomic mass is 10.2. The minimum Gasteiger partial charge on any atom is -0.253 e. The maximum Gasteiger partial charge on any atom is 0.286 e. The molecule has 8 heteroatoms. The molecule has 0 unspecified atom stereocenters. The number of nitrogens with zero attached hydrogens (tertiary/aromatic N) is 3. The molecule has 0 fully saturated rings. The van der Waals surface area contributed by atoms with Gasteiger partial charge in [-0.1, -0.05) is 19.1 Å². The van der Waals surface area contributed by atoms with Gasteiger partial charge >= 0.3 is 0 Å². The predicted molar refractivity (Wildman–Crippen MR) is 80.5 cm³/mol. The number of anilines is 1. The summed E-state index contributed by atoms with van der Waals surface area (Å²) in [5, 5.41) is 1.33. The summed E-state index contributed by atoms with van der Waals surface area (Å²) in [6, 6.07) is 8.91. The van der Waals surface area contributed by atoms with Crippen LogP contribution in [0.4, 0.5) is 10.1 Å². The highest BCUT2D eigenvalue weighted by molar-refractivity contribution is 7.90. The number of rotatable bonds is 3. The van der Waals surface area contributed by atoms with Gasteiger partial charge in [-0.2, -0.15) is 8.42 Å². The summed E-state index contributed by atoms with van der Waals surface area (Å²) < 4.78 is 42.7. The van der Waals surface area contributed by atoms with Crippen LogP contribution >= 0.6 is 0 Å². The Kier molecular flexibility index (Phi) is 3.63. The van der Waals surface area contributed by atoms with Crippen LogP contribution in [0.25, 0.3) is 0 Å². The van der Waals surface area contributed by atoms with Gasteiger partial charge in [-0.3, -0.25) is 9.99 Å². The van der Waals surface area contributed by atoms with Gasteiger partial charge in [0.15, 0.2) is 5.84 Å². The summed E-state index contributed by atoms with van der Waals surface area (Å²) in [6.07, 6.45) is 1.52. The van der Waals surface area contributed by atoms with Crippen LogP contribution in [0.3, 0.4) is 0 Å². The van der Waals surface area contributed by atoms with Crippen LogP contribution < -0.4 is 10.4 Å². The Balaban J connectivity index is 2.27. The Bertz CT molecular complexity index is 837. The zero-order chi connectivity index (χ0) is 15.7. The maximum absolute atomic E-state index is 14.3. The van der Waals surface area contributed by atoms with E-state index in [1.807, 2.05) is 6.92 Å². The number of pyridine rings is 1. The van der Waals surface area contributed by atoms with E-state index >= 15 is 0 Å². The van der Waals surface area contributed by atoms with Gasteiger partial charge in [-0.25, -0.2) is 9.82 Å². The van der Waals surface area contributed by atoms with Crippen LogP contribution in [0.1, 0.15) is 12.6 Å². The quantitative estimate of drug-likeness (QED) is 0.932. The van der Waals surface area contributed by atoms with Crippen molar-refractivity contribution in [3.05, 3.63) is 54.1 Å². The van der Waals surface area contributed by atoms with Gasteiger partial charge in [0.1, 0.15) is 22.1 Å². The zero-order valence-electron chi connectivity index (χ0n) is 11.7. The molecule has 0 atom stereocenters. The highest BCUT2D eigenvalue weighted by atomic mass is 32.2. The standard InChI is InChI=1S/C14H13FN4O2S/c1-2-17-19-13-10(15)6-5-8-12(13)22(20,21)18-14(19)11-7-3-4-9-16-11/h3-9,17H,2H2,1H3. The molecule has 1 aliphatic heterocycles. The molecule has 22 heavy (non-hydrogen) atoms. The third kappa shape index (κ3) is 2.36. The van der Waals surface area contributed by atoms with E-state index in [9.17, 15) is 12.8 Å². The first kappa shape index (κ1) is 14.6. The van der Waals surface area contributed by atoms with E-state index < -0.39 is 15.8 Å². The molecule has 2 aromatic rings. The topological polar surface area (TPSA) is 74.7 Å². The lowest BCUT2D eigenvalue weighted by molar-refractivity contribution is 0.584. The van der Waals surface area contributed by atoms with E-state index in [4.69, 9.17) is 0 Å². The summed E-state index contributed by atoms with van der Waals surface area (Å²) in [5.74, 6) is -0.606. The van der Waals surface area contributed by atoms with Crippen molar-refractivity contribution in [1.29, 1.82) is 0 Å². The second-order valence-electron chi connectivity index (χ2n) is 4.54. The van der Waals surface area contributed by atoms with E-state index in [1.54, 1.807) is 18.2 Å². The Morgan fingerprint density at radius 3 is 2.73 bits per heavy atom. The van der Waals surface area contributed by atoms with Gasteiger partial charge in [0, 0.05) is 12.7 Å². The first-order chi connectivity index (χ1) is 10.5. The minimum absolute atomic E-state index is 0.0417. The number of amidine groups is 1. The van der Waals surface area contributed by atoms with Crippen LogP contribution in [0.2, 0.25) is 0 Å². The SMILES string of the molecule is CCNN1C(c2ccccn2)=NS(=O)(=O)c2cccc(F)c21. The average Bonchev–Trinajstić information content (AvgIpc) is 2.51. The summed E-state index contributed by atoms with van der Waals surface area (Å²) in [6.45, 7) is 2.28. The zero-order valence-corrected chi connectivity index (χ0v) is 12.5. The normalized spacial score (nSPS) is 16.1. The molecular weight excluding hydrogens is 307 g/mol. The molecule has 0 bridgehead atoms. The number of hydrazine groups is 1. The van der Waals surface area contributed by atoms with Gasteiger partial charge < -0.3 is 0 Å². The van der Waals surface area contributed by atoms with Crippen molar-refractivity contribution < 1.29 is 12.8 Å². The second-order valence-corrected chi connectivity index (χ2v) is 6.11. The lowest BCUT2D eigenvalue weighted by Gasteiger charge is -2.30. The smallest absolute Gasteiger partial charge is 0.253 e. The molecule has 2 heterocycles. The number of fused-ring (bicyclic) bond motifs is 1. The largest absolute Gasteiger partial charge is 0.286 e. The molecule has 0 aliphatic carbocycles. The van der Waals surface area contributed by atoms with Crippen LogP contribution in [-0.2, 0) is 10.0 Å². The predicted octanol–water partition coefficient (Wildman–Crippen LogP) is 1.70. The molecule has 1 aromatic carbocycles. The third-order valence-electron chi connectivity index (χ3n) is 3.08. The Labute approximate surface area is 127 Å². The number of hydrogen-bond donors (Lipinski definition) is 1. The van der Waals surface area contributed by atoms with Crippen molar-refractivity contribution in [3.8, 4) is 0 Å². The molecule has 0 saturated heterocycles. The average molecular weight is 320 g/mol. The fourth-order valence-corrected chi connectivity index (χ4v) is 3.38. The lowest BCUT2D eigenvalue weighted by Crippen LogP contribution is -2.47. The van der Waals surface area contributed by atoms with Gasteiger partial charge in [-0.15, -0.1) is 4.40 Å². The highest BCUT2D eigenvalue weighted by Crippen LogP contribution is 2.33. The number of halogens is 1. The van der Waals surface area contributed by atoms with Gasteiger partial charge in [0.2, 0.25) is 0 Å². The first-order valence-corrected chi connectivity index (χ1v) is 8.07. The van der Waals surface area contributed by atoms with Gasteiger partial charge in [0.25, 0.3) is 10.0 Å². The Morgan fingerprint density at radius 1 is 1.23 bits per heavy atom. The highest BCUT2D eigenvalue weighted by Gasteiger charge is 2.34. The van der Waals surface area contributed by atoms with Crippen molar-refractivity contribution >= 4 is 21.5 Å². The summed E-state index contributed by atoms with van der Waals surface area (Å²) in [7, 11) is -3.99. The molecule has 1 N–H and O–H groups in total. The molecule has 6 nitrogen and oxygen atoms in total. The molecule has 1 aliphatic rings. The molecule has 114 valence electrons.